The Labute approximate surface area is 99.4 Å². The average Bonchev–Trinajstić information content (AvgIpc) is 2.45. The largest absolute Gasteiger partial charge is 0.324 e. The van der Waals surface area contributed by atoms with Crippen LogP contribution in [0.2, 0.25) is 0 Å². The number of fused-ring (bicyclic) bond motifs is 1. The highest BCUT2D eigenvalue weighted by molar-refractivity contribution is 14.1. The predicted octanol–water partition coefficient (Wildman–Crippen LogP) is 2.39. The number of aryl methyl sites for hydroxylation is 2. The molecule has 0 spiro atoms. The number of pyridine rings is 1. The minimum atomic E-state index is -0.401. The Morgan fingerprint density at radius 1 is 1.60 bits per heavy atom. The average molecular weight is 317 g/mol. The van der Waals surface area contributed by atoms with E-state index in [1.54, 1.807) is 6.92 Å². The van der Waals surface area contributed by atoms with E-state index in [2.05, 4.69) is 27.6 Å². The Hall–Kier alpha value is -1.18. The van der Waals surface area contributed by atoms with Gasteiger partial charge in [0, 0.05) is 18.0 Å². The molecule has 2 aromatic heterocycles. The molecule has 0 radical (unpaired) electrons. The van der Waals surface area contributed by atoms with Crippen LogP contribution in [-0.4, -0.2) is 14.5 Å². The SMILES string of the molecule is Cc1c([N+](=O)[O-])cnc2c1cc(I)n2C. The second-order valence-electron chi connectivity index (χ2n) is 3.29. The molecule has 0 saturated carbocycles. The van der Waals surface area contributed by atoms with E-state index in [1.165, 1.54) is 6.20 Å². The van der Waals surface area contributed by atoms with Crippen LogP contribution < -0.4 is 0 Å². The molecule has 0 aliphatic rings. The number of halogens is 1. The summed E-state index contributed by atoms with van der Waals surface area (Å²) in [5.41, 5.74) is 1.52. The number of hydrogen-bond donors (Lipinski definition) is 0. The van der Waals surface area contributed by atoms with Gasteiger partial charge >= 0.3 is 0 Å². The Morgan fingerprint density at radius 2 is 2.27 bits per heavy atom. The summed E-state index contributed by atoms with van der Waals surface area (Å²) in [5.74, 6) is 0. The first-order valence-electron chi connectivity index (χ1n) is 4.27. The van der Waals surface area contributed by atoms with Crippen molar-refractivity contribution in [1.82, 2.24) is 9.55 Å². The van der Waals surface area contributed by atoms with E-state index in [9.17, 15) is 10.1 Å². The Balaban J connectivity index is 2.85. The summed E-state index contributed by atoms with van der Waals surface area (Å²) in [7, 11) is 1.89. The molecule has 2 rings (SSSR count). The van der Waals surface area contributed by atoms with Gasteiger partial charge in [0.05, 0.1) is 8.62 Å². The standard InChI is InChI=1S/C9H8IN3O2/c1-5-6-3-8(10)12(2)9(6)11-4-7(5)13(14)15/h3-4H,1-2H3. The summed E-state index contributed by atoms with van der Waals surface area (Å²) in [5, 5.41) is 11.6. The Morgan fingerprint density at radius 3 is 2.87 bits per heavy atom. The number of nitro groups is 1. The number of aromatic nitrogens is 2. The van der Waals surface area contributed by atoms with Crippen molar-refractivity contribution in [1.29, 1.82) is 0 Å². The summed E-state index contributed by atoms with van der Waals surface area (Å²) in [6.07, 6.45) is 1.31. The first kappa shape index (κ1) is 10.3. The molecule has 0 aliphatic carbocycles. The highest BCUT2D eigenvalue weighted by Crippen LogP contribution is 2.27. The van der Waals surface area contributed by atoms with E-state index in [-0.39, 0.29) is 5.69 Å². The van der Waals surface area contributed by atoms with E-state index in [0.29, 0.717) is 5.56 Å². The van der Waals surface area contributed by atoms with Crippen molar-refractivity contribution in [3.63, 3.8) is 0 Å². The molecule has 6 heteroatoms. The molecular formula is C9H8IN3O2. The highest BCUT2D eigenvalue weighted by Gasteiger charge is 2.16. The van der Waals surface area contributed by atoms with Gasteiger partial charge in [-0.3, -0.25) is 10.1 Å². The van der Waals surface area contributed by atoms with E-state index in [4.69, 9.17) is 0 Å². The maximum atomic E-state index is 10.7. The molecular weight excluding hydrogens is 309 g/mol. The fraction of sp³-hybridized carbons (Fsp3) is 0.222. The number of nitrogens with zero attached hydrogens (tertiary/aromatic N) is 3. The fourth-order valence-electron chi connectivity index (χ4n) is 1.54. The number of rotatable bonds is 1. The quantitative estimate of drug-likeness (QED) is 0.461. The Kier molecular flexibility index (Phi) is 2.37. The lowest BCUT2D eigenvalue weighted by Gasteiger charge is -1.99. The first-order valence-corrected chi connectivity index (χ1v) is 5.35. The predicted molar refractivity (Wildman–Crippen MR) is 64.8 cm³/mol. The van der Waals surface area contributed by atoms with Crippen LogP contribution >= 0.6 is 22.6 Å². The maximum Gasteiger partial charge on any atom is 0.291 e. The molecule has 5 nitrogen and oxygen atoms in total. The molecule has 2 aromatic rings. The van der Waals surface area contributed by atoms with Crippen molar-refractivity contribution >= 4 is 39.3 Å². The second-order valence-corrected chi connectivity index (χ2v) is 4.39. The third kappa shape index (κ3) is 1.48. The van der Waals surface area contributed by atoms with Gasteiger partial charge in [0.25, 0.3) is 5.69 Å². The van der Waals surface area contributed by atoms with Crippen LogP contribution in [0.5, 0.6) is 0 Å². The van der Waals surface area contributed by atoms with Gasteiger partial charge < -0.3 is 4.57 Å². The lowest BCUT2D eigenvalue weighted by Crippen LogP contribution is -1.96. The van der Waals surface area contributed by atoms with E-state index >= 15 is 0 Å². The Bertz CT molecular complexity index is 562. The summed E-state index contributed by atoms with van der Waals surface area (Å²) < 4.78 is 2.92. The van der Waals surface area contributed by atoms with E-state index in [0.717, 1.165) is 14.7 Å². The second kappa shape index (κ2) is 3.44. The normalized spacial score (nSPS) is 10.9. The summed E-state index contributed by atoms with van der Waals surface area (Å²) in [6, 6.07) is 1.91. The van der Waals surface area contributed by atoms with Crippen molar-refractivity contribution in [2.24, 2.45) is 7.05 Å². The topological polar surface area (TPSA) is 61.0 Å². The molecule has 0 aliphatic heterocycles. The molecule has 0 bridgehead atoms. The lowest BCUT2D eigenvalue weighted by molar-refractivity contribution is -0.385. The maximum absolute atomic E-state index is 10.7. The van der Waals surface area contributed by atoms with E-state index < -0.39 is 4.92 Å². The smallest absolute Gasteiger partial charge is 0.291 e. The van der Waals surface area contributed by atoms with Gasteiger partial charge in [0.1, 0.15) is 11.8 Å². The molecule has 0 unspecified atom stereocenters. The van der Waals surface area contributed by atoms with Crippen LogP contribution in [0.4, 0.5) is 5.69 Å². The zero-order chi connectivity index (χ0) is 11.2. The van der Waals surface area contributed by atoms with Gasteiger partial charge in [-0.05, 0) is 35.6 Å². The van der Waals surface area contributed by atoms with Crippen molar-refractivity contribution in [2.45, 2.75) is 6.92 Å². The zero-order valence-corrected chi connectivity index (χ0v) is 10.3. The van der Waals surface area contributed by atoms with Gasteiger partial charge in [0.15, 0.2) is 0 Å². The molecule has 0 atom stereocenters. The molecule has 78 valence electrons. The third-order valence-electron chi connectivity index (χ3n) is 2.44. The van der Waals surface area contributed by atoms with Crippen molar-refractivity contribution in [2.75, 3.05) is 0 Å². The van der Waals surface area contributed by atoms with Gasteiger partial charge in [-0.25, -0.2) is 4.98 Å². The van der Waals surface area contributed by atoms with Crippen LogP contribution in [0.15, 0.2) is 12.3 Å². The van der Waals surface area contributed by atoms with Crippen molar-refractivity contribution in [3.8, 4) is 0 Å². The minimum Gasteiger partial charge on any atom is -0.324 e. The van der Waals surface area contributed by atoms with Crippen molar-refractivity contribution < 1.29 is 4.92 Å². The van der Waals surface area contributed by atoms with Gasteiger partial charge in [-0.2, -0.15) is 0 Å². The molecule has 0 amide bonds. The summed E-state index contributed by atoms with van der Waals surface area (Å²) in [4.78, 5) is 14.4. The molecule has 0 fully saturated rings. The lowest BCUT2D eigenvalue weighted by atomic mass is 10.2. The molecule has 2 heterocycles. The molecule has 15 heavy (non-hydrogen) atoms. The van der Waals surface area contributed by atoms with Gasteiger partial charge in [0.2, 0.25) is 0 Å². The van der Waals surface area contributed by atoms with Crippen LogP contribution in [0.3, 0.4) is 0 Å². The van der Waals surface area contributed by atoms with Crippen LogP contribution in [-0.2, 0) is 7.05 Å². The van der Waals surface area contributed by atoms with Gasteiger partial charge in [-0.1, -0.05) is 0 Å². The third-order valence-corrected chi connectivity index (χ3v) is 3.47. The molecule has 0 N–H and O–H groups in total. The monoisotopic (exact) mass is 317 g/mol. The van der Waals surface area contributed by atoms with Crippen molar-refractivity contribution in [3.05, 3.63) is 31.6 Å². The molecule has 0 aromatic carbocycles. The van der Waals surface area contributed by atoms with Crippen LogP contribution in [0, 0.1) is 20.7 Å². The van der Waals surface area contributed by atoms with Gasteiger partial charge in [-0.15, -0.1) is 0 Å². The van der Waals surface area contributed by atoms with Crippen LogP contribution in [0.1, 0.15) is 5.56 Å². The summed E-state index contributed by atoms with van der Waals surface area (Å²) >= 11 is 2.18. The number of hydrogen-bond acceptors (Lipinski definition) is 3. The van der Waals surface area contributed by atoms with E-state index in [1.807, 2.05) is 17.7 Å². The highest BCUT2D eigenvalue weighted by atomic mass is 127. The van der Waals surface area contributed by atoms with Crippen LogP contribution in [0.25, 0.3) is 11.0 Å². The first-order chi connectivity index (χ1) is 7.02. The summed E-state index contributed by atoms with van der Waals surface area (Å²) in [6.45, 7) is 1.75. The molecule has 0 saturated heterocycles. The fourth-order valence-corrected chi connectivity index (χ4v) is 2.08. The minimum absolute atomic E-state index is 0.0736. The zero-order valence-electron chi connectivity index (χ0n) is 8.19.